The number of nitrogens with one attached hydrogen (secondary N) is 1. The van der Waals surface area contributed by atoms with Crippen LogP contribution in [0.15, 0.2) is 60.9 Å². The van der Waals surface area contributed by atoms with E-state index in [9.17, 15) is 9.18 Å². The molecule has 1 aliphatic rings. The largest absolute Gasteiger partial charge is 0.457 e. The van der Waals surface area contributed by atoms with Crippen molar-refractivity contribution >= 4 is 45.3 Å². The zero-order chi connectivity index (χ0) is 30.1. The SMILES string of the molecule is Cc1c(Oc2ccc3c(c2)nnn3C)ccc(Nc2ncnc3ccc(N4CCN(C(=O)/C=C/CF)[C@H](C)C4)nc23)c1F. The molecule has 1 amide bonds. The molecule has 0 aliphatic carbocycles. The van der Waals surface area contributed by atoms with E-state index in [1.165, 1.54) is 18.5 Å². The number of rotatable bonds is 7. The summed E-state index contributed by atoms with van der Waals surface area (Å²) in [6.45, 7) is 4.47. The molecular formula is C30H29F2N9O2. The molecule has 0 saturated carbocycles. The molecular weight excluding hydrogens is 556 g/mol. The van der Waals surface area contributed by atoms with Gasteiger partial charge in [-0.05, 0) is 56.3 Å². The van der Waals surface area contributed by atoms with E-state index in [1.807, 2.05) is 25.1 Å². The molecule has 5 aromatic rings. The standard InChI is InChI=1S/C30H29F2N9O2/c1-18-16-40(13-14-41(18)27(42)5-4-12-31)26-11-8-22-29(36-26)30(34-17-33-22)35-21-7-10-25(19(2)28(21)32)43-20-6-9-24-23(15-20)37-38-39(24)3/h4-11,15,17-18H,12-14,16H2,1-3H3,(H,33,34,35)/b5-4+/t18-/m1/s1. The average molecular weight is 586 g/mol. The summed E-state index contributed by atoms with van der Waals surface area (Å²) in [5.74, 6) is 1.22. The first-order chi connectivity index (χ1) is 20.8. The molecule has 13 heteroatoms. The molecule has 1 atom stereocenters. The average Bonchev–Trinajstić information content (AvgIpc) is 3.39. The summed E-state index contributed by atoms with van der Waals surface area (Å²) in [5, 5.41) is 11.2. The molecule has 0 spiro atoms. The predicted octanol–water partition coefficient (Wildman–Crippen LogP) is 4.85. The molecule has 220 valence electrons. The molecule has 0 radical (unpaired) electrons. The van der Waals surface area contributed by atoms with Gasteiger partial charge >= 0.3 is 0 Å². The zero-order valence-electron chi connectivity index (χ0n) is 23.8. The number of carbonyl (C=O) groups excluding carboxylic acids is 1. The molecule has 1 saturated heterocycles. The van der Waals surface area contributed by atoms with Crippen molar-refractivity contribution in [2.24, 2.45) is 7.05 Å². The number of amides is 1. The normalized spacial score (nSPS) is 15.5. The van der Waals surface area contributed by atoms with E-state index in [0.29, 0.717) is 64.9 Å². The number of piperazine rings is 1. The number of pyridine rings is 1. The van der Waals surface area contributed by atoms with Crippen LogP contribution in [0.1, 0.15) is 12.5 Å². The summed E-state index contributed by atoms with van der Waals surface area (Å²) in [6.07, 6.45) is 3.88. The number of alkyl halides is 1. The van der Waals surface area contributed by atoms with Gasteiger partial charge in [0.05, 0.1) is 16.7 Å². The summed E-state index contributed by atoms with van der Waals surface area (Å²) >= 11 is 0. The smallest absolute Gasteiger partial charge is 0.246 e. The Hall–Kier alpha value is -5.20. The van der Waals surface area contributed by atoms with Gasteiger partial charge in [-0.15, -0.1) is 5.10 Å². The highest BCUT2D eigenvalue weighted by atomic mass is 19.1. The number of allylic oxidation sites excluding steroid dienone is 1. The highest BCUT2D eigenvalue weighted by molar-refractivity contribution is 5.89. The van der Waals surface area contributed by atoms with E-state index in [4.69, 9.17) is 9.72 Å². The van der Waals surface area contributed by atoms with Gasteiger partial charge in [0.1, 0.15) is 41.4 Å². The first kappa shape index (κ1) is 27.9. The lowest BCUT2D eigenvalue weighted by Crippen LogP contribution is -2.54. The van der Waals surface area contributed by atoms with Gasteiger partial charge in [-0.2, -0.15) is 0 Å². The van der Waals surface area contributed by atoms with Gasteiger partial charge in [-0.25, -0.2) is 28.4 Å². The van der Waals surface area contributed by atoms with Gasteiger partial charge in [0.2, 0.25) is 5.91 Å². The minimum absolute atomic E-state index is 0.104. The molecule has 2 aromatic carbocycles. The number of nitrogens with zero attached hydrogens (tertiary/aromatic N) is 8. The maximum Gasteiger partial charge on any atom is 0.246 e. The zero-order valence-corrected chi connectivity index (χ0v) is 23.8. The van der Waals surface area contributed by atoms with Gasteiger partial charge in [-0.3, -0.25) is 4.79 Å². The van der Waals surface area contributed by atoms with Crippen molar-refractivity contribution in [3.8, 4) is 11.5 Å². The van der Waals surface area contributed by atoms with Gasteiger partial charge in [0.25, 0.3) is 0 Å². The van der Waals surface area contributed by atoms with Gasteiger partial charge in [0.15, 0.2) is 11.6 Å². The lowest BCUT2D eigenvalue weighted by atomic mass is 10.1. The number of fused-ring (bicyclic) bond motifs is 2. The fraction of sp³-hybridized carbons (Fsp3) is 0.267. The number of halogens is 2. The number of aryl methyl sites for hydroxylation is 1. The third-order valence-electron chi connectivity index (χ3n) is 7.45. The Morgan fingerprint density at radius 3 is 2.81 bits per heavy atom. The summed E-state index contributed by atoms with van der Waals surface area (Å²) in [4.78, 5) is 29.7. The topological polar surface area (TPSA) is 114 Å². The highest BCUT2D eigenvalue weighted by Gasteiger charge is 2.27. The first-order valence-electron chi connectivity index (χ1n) is 13.8. The van der Waals surface area contributed by atoms with Gasteiger partial charge < -0.3 is 19.9 Å². The second-order valence-electron chi connectivity index (χ2n) is 10.3. The number of ether oxygens (including phenoxy) is 1. The molecule has 3 aromatic heterocycles. The fourth-order valence-corrected chi connectivity index (χ4v) is 5.14. The van der Waals surface area contributed by atoms with Crippen LogP contribution in [0.2, 0.25) is 0 Å². The highest BCUT2D eigenvalue weighted by Crippen LogP contribution is 2.33. The number of hydrogen-bond acceptors (Lipinski definition) is 9. The van der Waals surface area contributed by atoms with E-state index in [2.05, 4.69) is 30.5 Å². The van der Waals surface area contributed by atoms with Crippen LogP contribution in [-0.2, 0) is 11.8 Å². The quantitative estimate of drug-likeness (QED) is 0.268. The lowest BCUT2D eigenvalue weighted by molar-refractivity contribution is -0.128. The van der Waals surface area contributed by atoms with Crippen molar-refractivity contribution in [2.75, 3.05) is 36.5 Å². The molecule has 4 heterocycles. The van der Waals surface area contributed by atoms with Crippen molar-refractivity contribution in [3.05, 3.63) is 72.3 Å². The van der Waals surface area contributed by atoms with Crippen LogP contribution in [0.5, 0.6) is 11.5 Å². The van der Waals surface area contributed by atoms with Crippen molar-refractivity contribution < 1.29 is 18.3 Å². The van der Waals surface area contributed by atoms with Crippen LogP contribution < -0.4 is 15.0 Å². The summed E-state index contributed by atoms with van der Waals surface area (Å²) < 4.78 is 35.7. The second kappa shape index (κ2) is 11.6. The first-order valence-corrected chi connectivity index (χ1v) is 13.8. The summed E-state index contributed by atoms with van der Waals surface area (Å²) in [7, 11) is 1.81. The van der Waals surface area contributed by atoms with Crippen LogP contribution in [0.4, 0.5) is 26.1 Å². The second-order valence-corrected chi connectivity index (χ2v) is 10.3. The molecule has 6 rings (SSSR count). The molecule has 0 unspecified atom stereocenters. The number of hydrogen-bond donors (Lipinski definition) is 1. The lowest BCUT2D eigenvalue weighted by Gasteiger charge is -2.40. The third kappa shape index (κ3) is 5.53. The van der Waals surface area contributed by atoms with Crippen LogP contribution in [0.25, 0.3) is 22.1 Å². The van der Waals surface area contributed by atoms with E-state index < -0.39 is 12.5 Å². The third-order valence-corrected chi connectivity index (χ3v) is 7.45. The Bertz CT molecular complexity index is 1860. The summed E-state index contributed by atoms with van der Waals surface area (Å²) in [6, 6.07) is 12.3. The molecule has 1 N–H and O–H groups in total. The summed E-state index contributed by atoms with van der Waals surface area (Å²) in [5.41, 5.74) is 3.14. The van der Waals surface area contributed by atoms with E-state index >= 15 is 4.39 Å². The maximum atomic E-state index is 15.6. The Balaban J connectivity index is 1.22. The van der Waals surface area contributed by atoms with Crippen molar-refractivity contribution in [2.45, 2.75) is 19.9 Å². The van der Waals surface area contributed by atoms with Crippen molar-refractivity contribution in [1.29, 1.82) is 0 Å². The van der Waals surface area contributed by atoms with Crippen LogP contribution in [0.3, 0.4) is 0 Å². The monoisotopic (exact) mass is 585 g/mol. The molecule has 11 nitrogen and oxygen atoms in total. The van der Waals surface area contributed by atoms with Crippen LogP contribution >= 0.6 is 0 Å². The predicted molar refractivity (Wildman–Crippen MR) is 159 cm³/mol. The maximum absolute atomic E-state index is 15.6. The van der Waals surface area contributed by atoms with E-state index in [0.717, 1.165) is 5.52 Å². The van der Waals surface area contributed by atoms with Crippen molar-refractivity contribution in [1.82, 2.24) is 34.8 Å². The number of aromatic nitrogens is 6. The van der Waals surface area contributed by atoms with Crippen LogP contribution in [-0.4, -0.2) is 73.1 Å². The minimum Gasteiger partial charge on any atom is -0.457 e. The van der Waals surface area contributed by atoms with Crippen molar-refractivity contribution in [3.63, 3.8) is 0 Å². The van der Waals surface area contributed by atoms with Gasteiger partial charge in [-0.1, -0.05) is 5.21 Å². The van der Waals surface area contributed by atoms with Gasteiger partial charge in [0, 0.05) is 50.4 Å². The Kier molecular flexibility index (Phi) is 7.53. The Labute approximate surface area is 245 Å². The Morgan fingerprint density at radius 2 is 2.00 bits per heavy atom. The van der Waals surface area contributed by atoms with E-state index in [-0.39, 0.29) is 17.6 Å². The van der Waals surface area contributed by atoms with Crippen LogP contribution in [0, 0.1) is 12.7 Å². The molecule has 1 fully saturated rings. The fourth-order valence-electron chi connectivity index (χ4n) is 5.14. The number of anilines is 3. The minimum atomic E-state index is -0.678. The Morgan fingerprint density at radius 1 is 1.14 bits per heavy atom. The molecule has 1 aliphatic heterocycles. The molecule has 0 bridgehead atoms. The van der Waals surface area contributed by atoms with E-state index in [1.54, 1.807) is 47.8 Å². The number of benzene rings is 2. The molecule has 43 heavy (non-hydrogen) atoms. The number of carbonyl (C=O) groups is 1.